The molecule has 0 spiro atoms. The fraction of sp³-hybridized carbons (Fsp3) is 0.222. The van der Waals surface area contributed by atoms with Crippen molar-refractivity contribution >= 4 is 15.7 Å². The summed E-state index contributed by atoms with van der Waals surface area (Å²) in [5.74, 6) is 0.846. The molecule has 3 aromatic rings. The van der Waals surface area contributed by atoms with Crippen molar-refractivity contribution in [1.82, 2.24) is 14.8 Å². The Hall–Kier alpha value is -2.67. The van der Waals surface area contributed by atoms with Crippen LogP contribution in [0.4, 0.5) is 5.82 Å². The number of sulfone groups is 1. The summed E-state index contributed by atoms with van der Waals surface area (Å²) in [5, 5.41) is 8.14. The summed E-state index contributed by atoms with van der Waals surface area (Å²) in [7, 11) is -3.21. The summed E-state index contributed by atoms with van der Waals surface area (Å²) < 4.78 is 25.2. The highest BCUT2D eigenvalue weighted by molar-refractivity contribution is 7.90. The standard InChI is InChI=1S/C18H18N4O2S/c1-12-15-9-11-20-18-16(4-3-10-19-18)17(15)21-22(12)13-5-7-14(8-6-13)25(2,23)24/h3-8,10H,9,11H2,1-2H3,(H,19,20). The van der Waals surface area contributed by atoms with E-state index in [1.165, 1.54) is 11.8 Å². The maximum absolute atomic E-state index is 11.6. The highest BCUT2D eigenvalue weighted by Crippen LogP contribution is 2.33. The molecule has 0 saturated carbocycles. The topological polar surface area (TPSA) is 76.9 Å². The monoisotopic (exact) mass is 354 g/mol. The third kappa shape index (κ3) is 2.70. The van der Waals surface area contributed by atoms with Crippen molar-refractivity contribution in [2.75, 3.05) is 18.1 Å². The summed E-state index contributed by atoms with van der Waals surface area (Å²) in [6, 6.07) is 10.7. The van der Waals surface area contributed by atoms with Crippen LogP contribution in [-0.4, -0.2) is 36.0 Å². The van der Waals surface area contributed by atoms with E-state index >= 15 is 0 Å². The summed E-state index contributed by atoms with van der Waals surface area (Å²) in [4.78, 5) is 4.71. The zero-order chi connectivity index (χ0) is 17.6. The first-order valence-corrected chi connectivity index (χ1v) is 9.92. The van der Waals surface area contributed by atoms with E-state index in [4.69, 9.17) is 5.10 Å². The lowest BCUT2D eigenvalue weighted by Gasteiger charge is -2.08. The van der Waals surface area contributed by atoms with Gasteiger partial charge in [0, 0.05) is 35.8 Å². The van der Waals surface area contributed by atoms with Crippen LogP contribution >= 0.6 is 0 Å². The van der Waals surface area contributed by atoms with Gasteiger partial charge in [-0.2, -0.15) is 5.10 Å². The second-order valence-electron chi connectivity index (χ2n) is 6.17. The average Bonchev–Trinajstić information content (AvgIpc) is 2.80. The largest absolute Gasteiger partial charge is 0.369 e. The predicted molar refractivity (Wildman–Crippen MR) is 96.8 cm³/mol. The molecule has 6 nitrogen and oxygen atoms in total. The third-order valence-corrected chi connectivity index (χ3v) is 5.61. The fourth-order valence-corrected chi connectivity index (χ4v) is 3.81. The Bertz CT molecular complexity index is 1050. The molecule has 0 aliphatic carbocycles. The second kappa shape index (κ2) is 5.70. The van der Waals surface area contributed by atoms with Crippen LogP contribution < -0.4 is 5.32 Å². The molecule has 0 saturated heterocycles. The Morgan fingerprint density at radius 2 is 1.92 bits per heavy atom. The molecular weight excluding hydrogens is 336 g/mol. The van der Waals surface area contributed by atoms with Crippen molar-refractivity contribution in [2.45, 2.75) is 18.2 Å². The maximum atomic E-state index is 11.6. The van der Waals surface area contributed by atoms with E-state index in [1.54, 1.807) is 30.5 Å². The lowest BCUT2D eigenvalue weighted by Crippen LogP contribution is -2.06. The lowest BCUT2D eigenvalue weighted by molar-refractivity contribution is 0.602. The molecule has 0 radical (unpaired) electrons. The fourth-order valence-electron chi connectivity index (χ4n) is 3.18. The molecule has 1 aliphatic heterocycles. The van der Waals surface area contributed by atoms with Gasteiger partial charge >= 0.3 is 0 Å². The Balaban J connectivity index is 1.85. The normalized spacial score (nSPS) is 13.5. The van der Waals surface area contributed by atoms with E-state index in [9.17, 15) is 8.42 Å². The van der Waals surface area contributed by atoms with Crippen LogP contribution in [0.5, 0.6) is 0 Å². The summed E-state index contributed by atoms with van der Waals surface area (Å²) in [6.07, 6.45) is 3.84. The third-order valence-electron chi connectivity index (χ3n) is 4.48. The van der Waals surface area contributed by atoms with Crippen LogP contribution in [0, 0.1) is 6.92 Å². The molecule has 4 rings (SSSR count). The number of rotatable bonds is 2. The molecule has 0 bridgehead atoms. The molecule has 2 aromatic heterocycles. The Kier molecular flexibility index (Phi) is 3.61. The number of hydrogen-bond donors (Lipinski definition) is 1. The first-order chi connectivity index (χ1) is 11.9. The van der Waals surface area contributed by atoms with Gasteiger partial charge in [-0.3, -0.25) is 0 Å². The van der Waals surface area contributed by atoms with Crippen LogP contribution in [0.15, 0.2) is 47.5 Å². The minimum Gasteiger partial charge on any atom is -0.369 e. The number of aromatic nitrogens is 3. The first kappa shape index (κ1) is 15.8. The Morgan fingerprint density at radius 3 is 2.64 bits per heavy atom. The van der Waals surface area contributed by atoms with Gasteiger partial charge in [-0.05, 0) is 49.7 Å². The van der Waals surface area contributed by atoms with Crippen molar-refractivity contribution < 1.29 is 8.42 Å². The molecule has 0 unspecified atom stereocenters. The summed E-state index contributed by atoms with van der Waals surface area (Å²) in [6.45, 7) is 2.84. The molecule has 1 aromatic carbocycles. The Morgan fingerprint density at radius 1 is 1.16 bits per heavy atom. The molecule has 0 atom stereocenters. The minimum absolute atomic E-state index is 0.307. The van der Waals surface area contributed by atoms with Gasteiger partial charge in [0.15, 0.2) is 9.84 Å². The van der Waals surface area contributed by atoms with Crippen LogP contribution in [0.2, 0.25) is 0 Å². The number of nitrogens with zero attached hydrogens (tertiary/aromatic N) is 3. The molecule has 1 aliphatic rings. The highest BCUT2D eigenvalue weighted by Gasteiger charge is 2.22. The molecule has 3 heterocycles. The smallest absolute Gasteiger partial charge is 0.175 e. The first-order valence-electron chi connectivity index (χ1n) is 8.03. The zero-order valence-electron chi connectivity index (χ0n) is 14.0. The Labute approximate surface area is 146 Å². The van der Waals surface area contributed by atoms with E-state index in [1.807, 2.05) is 23.7 Å². The number of nitrogens with one attached hydrogen (secondary N) is 1. The van der Waals surface area contributed by atoms with Crippen LogP contribution in [-0.2, 0) is 16.3 Å². The van der Waals surface area contributed by atoms with Crippen molar-refractivity contribution in [3.05, 3.63) is 53.9 Å². The SMILES string of the molecule is Cc1c2c(nn1-c1ccc(S(C)(=O)=O)cc1)-c1cccnc1NCC2. The van der Waals surface area contributed by atoms with Crippen molar-refractivity contribution in [3.8, 4) is 16.9 Å². The van der Waals surface area contributed by atoms with Crippen molar-refractivity contribution in [3.63, 3.8) is 0 Å². The molecule has 1 N–H and O–H groups in total. The highest BCUT2D eigenvalue weighted by atomic mass is 32.2. The van der Waals surface area contributed by atoms with Gasteiger partial charge in [0.05, 0.1) is 16.3 Å². The summed E-state index contributed by atoms with van der Waals surface area (Å²) >= 11 is 0. The second-order valence-corrected chi connectivity index (χ2v) is 8.18. The number of pyridine rings is 1. The molecule has 25 heavy (non-hydrogen) atoms. The quantitative estimate of drug-likeness (QED) is 0.765. The van der Waals surface area contributed by atoms with E-state index in [0.29, 0.717) is 4.90 Å². The van der Waals surface area contributed by atoms with Gasteiger partial charge in [-0.25, -0.2) is 18.1 Å². The predicted octanol–water partition coefficient (Wildman–Crippen LogP) is 2.61. The van der Waals surface area contributed by atoms with Crippen LogP contribution in [0.1, 0.15) is 11.3 Å². The van der Waals surface area contributed by atoms with E-state index in [0.717, 1.165) is 41.4 Å². The van der Waals surface area contributed by atoms with Crippen molar-refractivity contribution in [1.29, 1.82) is 0 Å². The lowest BCUT2D eigenvalue weighted by atomic mass is 10.1. The zero-order valence-corrected chi connectivity index (χ0v) is 14.8. The number of fused-ring (bicyclic) bond motifs is 3. The van der Waals surface area contributed by atoms with Gasteiger partial charge < -0.3 is 5.32 Å². The molecular formula is C18H18N4O2S. The number of hydrogen-bond acceptors (Lipinski definition) is 5. The molecule has 0 fully saturated rings. The van der Waals surface area contributed by atoms with Crippen LogP contribution in [0.25, 0.3) is 16.9 Å². The average molecular weight is 354 g/mol. The summed E-state index contributed by atoms with van der Waals surface area (Å²) in [5.41, 5.74) is 5.01. The van der Waals surface area contributed by atoms with E-state index < -0.39 is 9.84 Å². The van der Waals surface area contributed by atoms with E-state index in [-0.39, 0.29) is 0 Å². The number of anilines is 1. The van der Waals surface area contributed by atoms with Gasteiger partial charge in [0.25, 0.3) is 0 Å². The van der Waals surface area contributed by atoms with Crippen molar-refractivity contribution in [2.24, 2.45) is 0 Å². The van der Waals surface area contributed by atoms with Gasteiger partial charge in [0.1, 0.15) is 5.82 Å². The van der Waals surface area contributed by atoms with Crippen LogP contribution in [0.3, 0.4) is 0 Å². The van der Waals surface area contributed by atoms with Gasteiger partial charge in [0.2, 0.25) is 0 Å². The minimum atomic E-state index is -3.21. The van der Waals surface area contributed by atoms with E-state index in [2.05, 4.69) is 10.3 Å². The maximum Gasteiger partial charge on any atom is 0.175 e. The molecule has 128 valence electrons. The number of benzene rings is 1. The molecule has 0 amide bonds. The van der Waals surface area contributed by atoms with Gasteiger partial charge in [-0.1, -0.05) is 0 Å². The molecule has 7 heteroatoms. The van der Waals surface area contributed by atoms with Gasteiger partial charge in [-0.15, -0.1) is 0 Å².